The molecule has 178 valence electrons. The van der Waals surface area contributed by atoms with Gasteiger partial charge in [0.2, 0.25) is 5.91 Å². The number of benzene rings is 3. The Kier molecular flexibility index (Phi) is 7.19. The maximum Gasteiger partial charge on any atom is 0.264 e. The minimum absolute atomic E-state index is 0.135. The Morgan fingerprint density at radius 1 is 0.941 bits per heavy atom. The Labute approximate surface area is 201 Å². The van der Waals surface area contributed by atoms with Gasteiger partial charge in [-0.3, -0.25) is 9.10 Å². The molecule has 1 N–H and O–H groups in total. The van der Waals surface area contributed by atoms with Gasteiger partial charge >= 0.3 is 0 Å². The SMILES string of the molecule is Cc1ccc(N(CC(=O)Nc2ccc(N3CCOCC3)cc2)S(=O)(=O)c2ccccc2)cc1C. The number of hydrogen-bond donors (Lipinski definition) is 1. The third-order valence-electron chi connectivity index (χ3n) is 5.92. The summed E-state index contributed by atoms with van der Waals surface area (Å²) in [6.45, 7) is 6.59. The molecule has 0 atom stereocenters. The number of carbonyl (C=O) groups excluding carboxylic acids is 1. The van der Waals surface area contributed by atoms with Gasteiger partial charge in [-0.25, -0.2) is 8.42 Å². The monoisotopic (exact) mass is 479 g/mol. The zero-order valence-electron chi connectivity index (χ0n) is 19.4. The molecule has 0 spiro atoms. The Bertz CT molecular complexity index is 1240. The van der Waals surface area contributed by atoms with Gasteiger partial charge in [-0.1, -0.05) is 24.3 Å². The molecule has 1 saturated heterocycles. The number of sulfonamides is 1. The van der Waals surface area contributed by atoms with Crippen molar-refractivity contribution in [2.24, 2.45) is 0 Å². The highest BCUT2D eigenvalue weighted by molar-refractivity contribution is 7.92. The van der Waals surface area contributed by atoms with Gasteiger partial charge in [0.15, 0.2) is 0 Å². The molecule has 1 amide bonds. The van der Waals surface area contributed by atoms with Gasteiger partial charge in [-0.05, 0) is 73.5 Å². The minimum Gasteiger partial charge on any atom is -0.378 e. The zero-order valence-corrected chi connectivity index (χ0v) is 20.2. The van der Waals surface area contributed by atoms with Crippen LogP contribution in [0.3, 0.4) is 0 Å². The molecule has 8 heteroatoms. The number of nitrogens with zero attached hydrogens (tertiary/aromatic N) is 2. The van der Waals surface area contributed by atoms with Gasteiger partial charge < -0.3 is 15.0 Å². The van der Waals surface area contributed by atoms with E-state index in [1.807, 2.05) is 44.2 Å². The van der Waals surface area contributed by atoms with Crippen LogP contribution in [0.15, 0.2) is 77.7 Å². The van der Waals surface area contributed by atoms with Crippen molar-refractivity contribution in [2.75, 3.05) is 47.4 Å². The number of carbonyl (C=O) groups is 1. The lowest BCUT2D eigenvalue weighted by atomic mass is 10.1. The second kappa shape index (κ2) is 10.3. The van der Waals surface area contributed by atoms with Crippen LogP contribution in [0.1, 0.15) is 11.1 Å². The fourth-order valence-corrected chi connectivity index (χ4v) is 5.26. The summed E-state index contributed by atoms with van der Waals surface area (Å²) in [6.07, 6.45) is 0. The molecule has 3 aromatic rings. The summed E-state index contributed by atoms with van der Waals surface area (Å²) in [7, 11) is -3.94. The van der Waals surface area contributed by atoms with Crippen LogP contribution < -0.4 is 14.5 Å². The van der Waals surface area contributed by atoms with Crippen molar-refractivity contribution >= 4 is 33.0 Å². The third kappa shape index (κ3) is 5.40. The average Bonchev–Trinajstić information content (AvgIpc) is 2.86. The van der Waals surface area contributed by atoms with Crippen molar-refractivity contribution in [2.45, 2.75) is 18.7 Å². The van der Waals surface area contributed by atoms with Crippen molar-refractivity contribution in [1.29, 1.82) is 0 Å². The fourth-order valence-electron chi connectivity index (χ4n) is 3.82. The number of anilines is 3. The molecule has 0 aromatic heterocycles. The first-order valence-corrected chi connectivity index (χ1v) is 12.7. The number of rotatable bonds is 7. The molecular weight excluding hydrogens is 450 g/mol. The highest BCUT2D eigenvalue weighted by Crippen LogP contribution is 2.26. The minimum atomic E-state index is -3.94. The lowest BCUT2D eigenvalue weighted by molar-refractivity contribution is -0.114. The first-order valence-electron chi connectivity index (χ1n) is 11.2. The third-order valence-corrected chi connectivity index (χ3v) is 7.71. The number of nitrogens with one attached hydrogen (secondary N) is 1. The summed E-state index contributed by atoms with van der Waals surface area (Å²) < 4.78 is 33.5. The summed E-state index contributed by atoms with van der Waals surface area (Å²) in [6, 6.07) is 21.1. The van der Waals surface area contributed by atoms with Gasteiger partial charge in [0.1, 0.15) is 6.54 Å². The summed E-state index contributed by atoms with van der Waals surface area (Å²) in [5.41, 5.74) is 4.11. The van der Waals surface area contributed by atoms with Gasteiger partial charge in [0, 0.05) is 24.5 Å². The zero-order chi connectivity index (χ0) is 24.1. The maximum atomic E-state index is 13.5. The molecule has 1 fully saturated rings. The molecule has 34 heavy (non-hydrogen) atoms. The van der Waals surface area contributed by atoms with Crippen LogP contribution in [0.2, 0.25) is 0 Å². The predicted octanol–water partition coefficient (Wildman–Crippen LogP) is 3.97. The van der Waals surface area contributed by atoms with Crippen LogP contribution >= 0.6 is 0 Å². The fraction of sp³-hybridized carbons (Fsp3) is 0.269. The molecule has 7 nitrogen and oxygen atoms in total. The maximum absolute atomic E-state index is 13.5. The van der Waals surface area contributed by atoms with E-state index >= 15 is 0 Å². The quantitative estimate of drug-likeness (QED) is 0.555. The second-order valence-corrected chi connectivity index (χ2v) is 10.2. The first-order chi connectivity index (χ1) is 16.3. The largest absolute Gasteiger partial charge is 0.378 e. The Balaban J connectivity index is 1.55. The highest BCUT2D eigenvalue weighted by atomic mass is 32.2. The molecule has 0 aliphatic carbocycles. The van der Waals surface area contributed by atoms with E-state index in [1.54, 1.807) is 30.3 Å². The predicted molar refractivity (Wildman–Crippen MR) is 135 cm³/mol. The standard InChI is InChI=1S/C26H29N3O4S/c1-20-8-11-24(18-21(20)2)29(34(31,32)25-6-4-3-5-7-25)19-26(30)27-22-9-12-23(13-10-22)28-14-16-33-17-15-28/h3-13,18H,14-17,19H2,1-2H3,(H,27,30). The number of ether oxygens (including phenoxy) is 1. The topological polar surface area (TPSA) is 79.0 Å². The van der Waals surface area contributed by atoms with E-state index in [4.69, 9.17) is 4.74 Å². The molecule has 0 radical (unpaired) electrons. The second-order valence-electron chi connectivity index (χ2n) is 8.29. The molecule has 4 rings (SSSR count). The van der Waals surface area contributed by atoms with E-state index in [-0.39, 0.29) is 11.4 Å². The molecule has 1 aliphatic heterocycles. The smallest absolute Gasteiger partial charge is 0.264 e. The van der Waals surface area contributed by atoms with E-state index < -0.39 is 15.9 Å². The van der Waals surface area contributed by atoms with Crippen LogP contribution in [-0.2, 0) is 19.6 Å². The molecule has 0 saturated carbocycles. The molecule has 0 bridgehead atoms. The van der Waals surface area contributed by atoms with E-state index in [1.165, 1.54) is 12.1 Å². The molecule has 1 aliphatic rings. The number of morpholine rings is 1. The molecule has 1 heterocycles. The Morgan fingerprint density at radius 3 is 2.26 bits per heavy atom. The number of aryl methyl sites for hydroxylation is 2. The molecule has 0 unspecified atom stereocenters. The van der Waals surface area contributed by atoms with Crippen molar-refractivity contribution < 1.29 is 17.9 Å². The van der Waals surface area contributed by atoms with Gasteiger partial charge in [-0.2, -0.15) is 0 Å². The molecule has 3 aromatic carbocycles. The normalized spacial score (nSPS) is 14.0. The summed E-state index contributed by atoms with van der Waals surface area (Å²) in [4.78, 5) is 15.3. The van der Waals surface area contributed by atoms with Crippen LogP contribution in [0.25, 0.3) is 0 Å². The first kappa shape index (κ1) is 23.8. The van der Waals surface area contributed by atoms with Gasteiger partial charge in [0.05, 0.1) is 23.8 Å². The van der Waals surface area contributed by atoms with Crippen molar-refractivity contribution in [3.05, 3.63) is 83.9 Å². The van der Waals surface area contributed by atoms with E-state index in [0.29, 0.717) is 24.6 Å². The average molecular weight is 480 g/mol. The van der Waals surface area contributed by atoms with E-state index in [0.717, 1.165) is 34.2 Å². The lowest BCUT2D eigenvalue weighted by Gasteiger charge is -2.29. The van der Waals surface area contributed by atoms with Crippen LogP contribution in [0.5, 0.6) is 0 Å². The lowest BCUT2D eigenvalue weighted by Crippen LogP contribution is -2.38. The summed E-state index contributed by atoms with van der Waals surface area (Å²) in [5.74, 6) is -0.420. The summed E-state index contributed by atoms with van der Waals surface area (Å²) in [5, 5.41) is 2.83. The summed E-state index contributed by atoms with van der Waals surface area (Å²) >= 11 is 0. The van der Waals surface area contributed by atoms with Crippen LogP contribution in [-0.4, -0.2) is 47.2 Å². The van der Waals surface area contributed by atoms with Crippen molar-refractivity contribution in [3.8, 4) is 0 Å². The van der Waals surface area contributed by atoms with Crippen molar-refractivity contribution in [3.63, 3.8) is 0 Å². The Morgan fingerprint density at radius 2 is 1.62 bits per heavy atom. The van der Waals surface area contributed by atoms with Gasteiger partial charge in [0.25, 0.3) is 10.0 Å². The van der Waals surface area contributed by atoms with Crippen LogP contribution in [0, 0.1) is 13.8 Å². The van der Waals surface area contributed by atoms with E-state index in [9.17, 15) is 13.2 Å². The number of hydrogen-bond acceptors (Lipinski definition) is 5. The number of amides is 1. The van der Waals surface area contributed by atoms with Crippen LogP contribution in [0.4, 0.5) is 17.1 Å². The van der Waals surface area contributed by atoms with Gasteiger partial charge in [-0.15, -0.1) is 0 Å². The Hall–Kier alpha value is -3.36. The molecular formula is C26H29N3O4S. The van der Waals surface area contributed by atoms with E-state index in [2.05, 4.69) is 10.2 Å². The highest BCUT2D eigenvalue weighted by Gasteiger charge is 2.27. The van der Waals surface area contributed by atoms with Crippen molar-refractivity contribution in [1.82, 2.24) is 0 Å².